The van der Waals surface area contributed by atoms with E-state index >= 15 is 0 Å². The fourth-order valence-electron chi connectivity index (χ4n) is 2.97. The zero-order chi connectivity index (χ0) is 15.4. The van der Waals surface area contributed by atoms with Crippen molar-refractivity contribution < 1.29 is 4.79 Å². The van der Waals surface area contributed by atoms with Crippen molar-refractivity contribution >= 4 is 17.5 Å². The number of nitrogens with zero attached hydrogens (tertiary/aromatic N) is 3. The van der Waals surface area contributed by atoms with Gasteiger partial charge in [-0.15, -0.1) is 0 Å². The number of rotatable bonds is 6. The summed E-state index contributed by atoms with van der Waals surface area (Å²) in [5, 5.41) is 3.29. The summed E-state index contributed by atoms with van der Waals surface area (Å²) in [7, 11) is 0. The van der Waals surface area contributed by atoms with Crippen molar-refractivity contribution in [2.24, 2.45) is 5.92 Å². The van der Waals surface area contributed by atoms with Crippen LogP contribution in [0.15, 0.2) is 42.7 Å². The Morgan fingerprint density at radius 2 is 2.14 bits per heavy atom. The molecular weight excluding hydrogens is 276 g/mol. The third-order valence-corrected chi connectivity index (χ3v) is 4.06. The van der Waals surface area contributed by atoms with Crippen LogP contribution < -0.4 is 5.32 Å². The monoisotopic (exact) mass is 298 g/mol. The number of nitrogens with one attached hydrogen (secondary N) is 1. The molecule has 1 aromatic carbocycles. The first-order valence-corrected chi connectivity index (χ1v) is 7.87. The summed E-state index contributed by atoms with van der Waals surface area (Å²) >= 11 is 0. The van der Waals surface area contributed by atoms with Gasteiger partial charge < -0.3 is 10.2 Å². The zero-order valence-corrected chi connectivity index (χ0v) is 12.9. The molecule has 1 unspecified atom stereocenters. The van der Waals surface area contributed by atoms with Crippen LogP contribution in [0.25, 0.3) is 0 Å². The van der Waals surface area contributed by atoms with E-state index in [9.17, 15) is 4.79 Å². The van der Waals surface area contributed by atoms with Gasteiger partial charge in [0.1, 0.15) is 6.67 Å². The van der Waals surface area contributed by atoms with Gasteiger partial charge in [-0.25, -0.2) is 4.98 Å². The highest BCUT2D eigenvalue weighted by molar-refractivity contribution is 5.78. The molecule has 1 N–H and O–H groups in total. The molecule has 5 nitrogen and oxygen atoms in total. The predicted molar refractivity (Wildman–Crippen MR) is 86.7 cm³/mol. The molecule has 2 aromatic rings. The highest BCUT2D eigenvalue weighted by atomic mass is 16.2. The highest BCUT2D eigenvalue weighted by Gasteiger charge is 2.29. The Kier molecular flexibility index (Phi) is 4.42. The Balaban J connectivity index is 1.66. The van der Waals surface area contributed by atoms with Crippen molar-refractivity contribution in [3.05, 3.63) is 42.7 Å². The molecule has 22 heavy (non-hydrogen) atoms. The first kappa shape index (κ1) is 14.6. The third-order valence-electron chi connectivity index (χ3n) is 4.06. The number of likely N-dealkylation sites (tertiary alicyclic amines) is 1. The highest BCUT2D eigenvalue weighted by Crippen LogP contribution is 2.23. The van der Waals surface area contributed by atoms with Gasteiger partial charge in [-0.3, -0.25) is 9.36 Å². The summed E-state index contributed by atoms with van der Waals surface area (Å²) in [5.41, 5.74) is 0.992. The van der Waals surface area contributed by atoms with Crippen molar-refractivity contribution in [3.8, 4) is 0 Å². The molecule has 2 heterocycles. The van der Waals surface area contributed by atoms with Crippen LogP contribution >= 0.6 is 0 Å². The minimum absolute atomic E-state index is 0.248. The minimum atomic E-state index is 0.248. The van der Waals surface area contributed by atoms with E-state index in [1.54, 1.807) is 6.20 Å². The van der Waals surface area contributed by atoms with Gasteiger partial charge in [-0.05, 0) is 24.5 Å². The quantitative estimate of drug-likeness (QED) is 0.890. The van der Waals surface area contributed by atoms with E-state index in [-0.39, 0.29) is 5.91 Å². The maximum atomic E-state index is 12.1. The van der Waals surface area contributed by atoms with Crippen LogP contribution in [0.4, 0.5) is 11.6 Å². The normalized spacial score (nSPS) is 18.0. The molecule has 0 spiro atoms. The number of aromatic nitrogens is 2. The van der Waals surface area contributed by atoms with Crippen molar-refractivity contribution in [2.45, 2.75) is 32.9 Å². The van der Waals surface area contributed by atoms with Crippen molar-refractivity contribution in [3.63, 3.8) is 0 Å². The van der Waals surface area contributed by atoms with Crippen LogP contribution in [0.3, 0.4) is 0 Å². The Labute approximate surface area is 131 Å². The molecular formula is C17H22N4O. The van der Waals surface area contributed by atoms with Crippen molar-refractivity contribution in [1.82, 2.24) is 14.5 Å². The first-order valence-electron chi connectivity index (χ1n) is 7.87. The lowest BCUT2D eigenvalue weighted by Crippen LogP contribution is -2.28. The van der Waals surface area contributed by atoms with Gasteiger partial charge in [0.2, 0.25) is 11.9 Å². The maximum absolute atomic E-state index is 12.1. The molecule has 1 aromatic heterocycles. The lowest BCUT2D eigenvalue weighted by atomic mass is 10.0. The standard InChI is InChI=1S/C17H22N4O/c1-2-6-14-11-16(22)21(12-14)13-20-10-9-18-17(20)19-15-7-4-3-5-8-15/h3-5,7-10,14H,2,6,11-13H2,1H3,(H,18,19). The Hall–Kier alpha value is -2.30. The van der Waals surface area contributed by atoms with Crippen LogP contribution in [0, 0.1) is 5.92 Å². The number of anilines is 2. The zero-order valence-electron chi connectivity index (χ0n) is 12.9. The molecule has 0 radical (unpaired) electrons. The second-order valence-electron chi connectivity index (χ2n) is 5.83. The van der Waals surface area contributed by atoms with Gasteiger partial charge in [0.15, 0.2) is 0 Å². The lowest BCUT2D eigenvalue weighted by molar-refractivity contribution is -0.129. The average Bonchev–Trinajstić information content (AvgIpc) is 3.09. The number of carbonyl (C=O) groups excluding carboxylic acids is 1. The van der Waals surface area contributed by atoms with E-state index in [0.717, 1.165) is 31.0 Å². The third kappa shape index (κ3) is 3.30. The smallest absolute Gasteiger partial charge is 0.224 e. The van der Waals surface area contributed by atoms with E-state index in [1.165, 1.54) is 0 Å². The number of amides is 1. The molecule has 1 saturated heterocycles. The average molecular weight is 298 g/mol. The maximum Gasteiger partial charge on any atom is 0.224 e. The Morgan fingerprint density at radius 3 is 2.91 bits per heavy atom. The molecule has 1 amide bonds. The second-order valence-corrected chi connectivity index (χ2v) is 5.83. The number of hydrogen-bond donors (Lipinski definition) is 1. The first-order chi connectivity index (χ1) is 10.8. The summed E-state index contributed by atoms with van der Waals surface area (Å²) in [4.78, 5) is 18.4. The molecule has 1 fully saturated rings. The van der Waals surface area contributed by atoms with E-state index in [0.29, 0.717) is 19.0 Å². The van der Waals surface area contributed by atoms with Crippen LogP contribution in [0.5, 0.6) is 0 Å². The fraction of sp³-hybridized carbons (Fsp3) is 0.412. The summed E-state index contributed by atoms with van der Waals surface area (Å²) < 4.78 is 1.99. The van der Waals surface area contributed by atoms with E-state index in [4.69, 9.17) is 0 Å². The fourth-order valence-corrected chi connectivity index (χ4v) is 2.97. The molecule has 0 saturated carbocycles. The largest absolute Gasteiger partial charge is 0.326 e. The molecule has 116 valence electrons. The van der Waals surface area contributed by atoms with E-state index in [1.807, 2.05) is 46.0 Å². The van der Waals surface area contributed by atoms with Crippen LogP contribution in [0.1, 0.15) is 26.2 Å². The molecule has 0 aliphatic carbocycles. The molecule has 0 bridgehead atoms. The lowest BCUT2D eigenvalue weighted by Gasteiger charge is -2.19. The van der Waals surface area contributed by atoms with Crippen LogP contribution in [-0.2, 0) is 11.5 Å². The van der Waals surface area contributed by atoms with Crippen molar-refractivity contribution in [2.75, 3.05) is 11.9 Å². The summed E-state index contributed by atoms with van der Waals surface area (Å²) in [6, 6.07) is 9.94. The second kappa shape index (κ2) is 6.64. The van der Waals surface area contributed by atoms with E-state index in [2.05, 4.69) is 17.2 Å². The topological polar surface area (TPSA) is 50.2 Å². The number of benzene rings is 1. The molecule has 1 aliphatic rings. The minimum Gasteiger partial charge on any atom is -0.326 e. The van der Waals surface area contributed by atoms with Gasteiger partial charge in [0.25, 0.3) is 0 Å². The van der Waals surface area contributed by atoms with Crippen molar-refractivity contribution in [1.29, 1.82) is 0 Å². The Bertz CT molecular complexity index is 623. The van der Waals surface area contributed by atoms with Gasteiger partial charge in [0, 0.05) is 31.0 Å². The van der Waals surface area contributed by atoms with Gasteiger partial charge in [0.05, 0.1) is 0 Å². The summed E-state index contributed by atoms with van der Waals surface area (Å²) in [5.74, 6) is 1.52. The SMILES string of the molecule is CCCC1CC(=O)N(Cn2ccnc2Nc2ccccc2)C1. The molecule has 1 atom stereocenters. The van der Waals surface area contributed by atoms with E-state index < -0.39 is 0 Å². The molecule has 3 rings (SSSR count). The summed E-state index contributed by atoms with van der Waals surface area (Å²) in [6.07, 6.45) is 6.62. The van der Waals surface area contributed by atoms with Gasteiger partial charge in [-0.1, -0.05) is 31.5 Å². The Morgan fingerprint density at radius 1 is 1.32 bits per heavy atom. The van der Waals surface area contributed by atoms with Gasteiger partial charge in [-0.2, -0.15) is 0 Å². The van der Waals surface area contributed by atoms with Crippen LogP contribution in [0.2, 0.25) is 0 Å². The predicted octanol–water partition coefficient (Wildman–Crippen LogP) is 3.23. The number of para-hydroxylation sites is 1. The number of carbonyl (C=O) groups is 1. The number of hydrogen-bond acceptors (Lipinski definition) is 3. The van der Waals surface area contributed by atoms with Gasteiger partial charge >= 0.3 is 0 Å². The summed E-state index contributed by atoms with van der Waals surface area (Å²) in [6.45, 7) is 3.59. The van der Waals surface area contributed by atoms with Crippen LogP contribution in [-0.4, -0.2) is 26.9 Å². The molecule has 1 aliphatic heterocycles. The number of imidazole rings is 1. The molecule has 5 heteroatoms.